The van der Waals surface area contributed by atoms with Crippen molar-refractivity contribution in [2.24, 2.45) is 0 Å². The number of methoxy groups -OCH3 is 1. The van der Waals surface area contributed by atoms with E-state index in [4.69, 9.17) is 9.47 Å². The zero-order chi connectivity index (χ0) is 22.6. The van der Waals surface area contributed by atoms with E-state index in [1.54, 1.807) is 43.3 Å². The van der Waals surface area contributed by atoms with E-state index in [9.17, 15) is 18.0 Å². The van der Waals surface area contributed by atoms with Crippen LogP contribution in [-0.4, -0.2) is 38.8 Å². The summed E-state index contributed by atoms with van der Waals surface area (Å²) in [4.78, 5) is 25.4. The van der Waals surface area contributed by atoms with Gasteiger partial charge in [-0.05, 0) is 68.1 Å². The average molecular weight is 446 g/mol. The van der Waals surface area contributed by atoms with Crippen LogP contribution in [0.3, 0.4) is 0 Å². The van der Waals surface area contributed by atoms with Gasteiger partial charge in [0.05, 0.1) is 12.0 Å². The molecule has 1 saturated carbocycles. The van der Waals surface area contributed by atoms with Crippen molar-refractivity contribution in [3.8, 4) is 5.75 Å². The van der Waals surface area contributed by atoms with Crippen LogP contribution in [0.2, 0.25) is 0 Å². The smallest absolute Gasteiger partial charge is 0.328 e. The van der Waals surface area contributed by atoms with Crippen LogP contribution < -0.4 is 10.1 Å². The highest BCUT2D eigenvalue weighted by Crippen LogP contribution is 2.42. The molecule has 0 bridgehead atoms. The molecule has 0 atom stereocenters. The van der Waals surface area contributed by atoms with E-state index in [2.05, 4.69) is 5.32 Å². The topological polar surface area (TPSA) is 98.8 Å². The molecular formula is C23H27NO6S. The Labute approximate surface area is 182 Å². The highest BCUT2D eigenvalue weighted by molar-refractivity contribution is 7.93. The Morgan fingerprint density at radius 3 is 2.29 bits per heavy atom. The minimum atomic E-state index is -3.99. The molecule has 1 N–H and O–H groups in total. The molecule has 0 saturated heterocycles. The normalized spacial score (nSPS) is 15.3. The maximum atomic E-state index is 13.6. The van der Waals surface area contributed by atoms with Crippen LogP contribution >= 0.6 is 0 Å². The van der Waals surface area contributed by atoms with Crippen molar-refractivity contribution in [2.45, 2.75) is 49.2 Å². The first kappa shape index (κ1) is 22.8. The zero-order valence-corrected chi connectivity index (χ0v) is 18.8. The lowest BCUT2D eigenvalue weighted by Crippen LogP contribution is -2.46. The van der Waals surface area contributed by atoms with Crippen LogP contribution in [0.5, 0.6) is 5.75 Å². The molecule has 2 aromatic carbocycles. The largest absolute Gasteiger partial charge is 0.497 e. The van der Waals surface area contributed by atoms with Crippen molar-refractivity contribution >= 4 is 27.4 Å². The zero-order valence-electron chi connectivity index (χ0n) is 17.9. The second-order valence-electron chi connectivity index (χ2n) is 7.83. The highest BCUT2D eigenvalue weighted by Gasteiger charge is 2.54. The number of amides is 1. The first-order valence-electron chi connectivity index (χ1n) is 10.1. The number of sulfone groups is 1. The van der Waals surface area contributed by atoms with Crippen molar-refractivity contribution in [1.29, 1.82) is 0 Å². The summed E-state index contributed by atoms with van der Waals surface area (Å²) in [6.07, 6.45) is 1.58. The maximum absolute atomic E-state index is 13.6. The Kier molecular flexibility index (Phi) is 6.69. The minimum Gasteiger partial charge on any atom is -0.497 e. The Bertz CT molecular complexity index is 1070. The molecule has 0 spiro atoms. The molecule has 1 aliphatic carbocycles. The Hall–Kier alpha value is -2.87. The van der Waals surface area contributed by atoms with Crippen LogP contribution in [0.15, 0.2) is 47.4 Å². The lowest BCUT2D eigenvalue weighted by molar-refractivity contribution is -0.149. The molecule has 0 aliphatic heterocycles. The lowest BCUT2D eigenvalue weighted by Gasteiger charge is -2.27. The summed E-state index contributed by atoms with van der Waals surface area (Å²) in [6.45, 7) is 2.96. The molecule has 1 fully saturated rings. The van der Waals surface area contributed by atoms with Gasteiger partial charge in [-0.25, -0.2) is 8.42 Å². The van der Waals surface area contributed by atoms with Gasteiger partial charge >= 0.3 is 5.97 Å². The van der Waals surface area contributed by atoms with Crippen LogP contribution in [0, 0.1) is 13.8 Å². The lowest BCUT2D eigenvalue weighted by atomic mass is 10.1. The van der Waals surface area contributed by atoms with Gasteiger partial charge in [-0.2, -0.15) is 0 Å². The van der Waals surface area contributed by atoms with E-state index in [0.717, 1.165) is 5.56 Å². The summed E-state index contributed by atoms with van der Waals surface area (Å²) in [5, 5.41) is 2.62. The number of hydrogen-bond acceptors (Lipinski definition) is 6. The number of hydrogen-bond donors (Lipinski definition) is 1. The quantitative estimate of drug-likeness (QED) is 0.654. The van der Waals surface area contributed by atoms with E-state index >= 15 is 0 Å². The fraction of sp³-hybridized carbons (Fsp3) is 0.391. The van der Waals surface area contributed by atoms with Crippen molar-refractivity contribution in [3.05, 3.63) is 53.6 Å². The molecule has 31 heavy (non-hydrogen) atoms. The number of carbonyl (C=O) groups is 2. The SMILES string of the molecule is COc1ccc(NC(=O)COC(=O)C2(S(=O)(=O)c3cc(C)ccc3C)CCCC2)cc1. The van der Waals surface area contributed by atoms with Gasteiger partial charge in [0.1, 0.15) is 5.75 Å². The van der Waals surface area contributed by atoms with Gasteiger partial charge in [0.2, 0.25) is 0 Å². The Balaban J connectivity index is 1.75. The number of aryl methyl sites for hydroxylation is 2. The number of esters is 1. The summed E-state index contributed by atoms with van der Waals surface area (Å²) in [5.41, 5.74) is 1.90. The third-order valence-electron chi connectivity index (χ3n) is 5.64. The molecule has 166 valence electrons. The van der Waals surface area contributed by atoms with E-state index in [-0.39, 0.29) is 17.7 Å². The molecule has 1 amide bonds. The molecular weight excluding hydrogens is 418 g/mol. The Morgan fingerprint density at radius 1 is 1.03 bits per heavy atom. The molecule has 8 heteroatoms. The molecule has 0 unspecified atom stereocenters. The monoisotopic (exact) mass is 445 g/mol. The van der Waals surface area contributed by atoms with Gasteiger partial charge in [0, 0.05) is 5.69 Å². The fourth-order valence-electron chi connectivity index (χ4n) is 3.87. The third-order valence-corrected chi connectivity index (χ3v) is 8.26. The summed E-state index contributed by atoms with van der Waals surface area (Å²) in [7, 11) is -2.45. The first-order valence-corrected chi connectivity index (χ1v) is 11.6. The second kappa shape index (κ2) is 9.09. The van der Waals surface area contributed by atoms with Crippen LogP contribution in [0.4, 0.5) is 5.69 Å². The Morgan fingerprint density at radius 2 is 1.68 bits per heavy atom. The maximum Gasteiger partial charge on any atom is 0.328 e. The summed E-state index contributed by atoms with van der Waals surface area (Å²) in [5.74, 6) is -0.768. The standard InChI is InChI=1S/C23H27NO6S/c1-16-6-7-17(2)20(14-16)31(27,28)23(12-4-5-13-23)22(26)30-15-21(25)24-18-8-10-19(29-3)11-9-18/h6-11,14H,4-5,12-13,15H2,1-3H3,(H,24,25). The highest BCUT2D eigenvalue weighted by atomic mass is 32.2. The van der Waals surface area contributed by atoms with Crippen LogP contribution in [0.25, 0.3) is 0 Å². The van der Waals surface area contributed by atoms with Gasteiger partial charge in [0.15, 0.2) is 21.2 Å². The van der Waals surface area contributed by atoms with Gasteiger partial charge in [-0.1, -0.05) is 25.0 Å². The minimum absolute atomic E-state index is 0.147. The molecule has 1 aliphatic rings. The number of nitrogens with one attached hydrogen (secondary N) is 1. The number of rotatable bonds is 7. The first-order chi connectivity index (χ1) is 14.7. The van der Waals surface area contributed by atoms with Crippen molar-refractivity contribution in [1.82, 2.24) is 0 Å². The van der Waals surface area contributed by atoms with Crippen molar-refractivity contribution in [3.63, 3.8) is 0 Å². The predicted octanol–water partition coefficient (Wildman–Crippen LogP) is 3.58. The van der Waals surface area contributed by atoms with E-state index < -0.39 is 33.1 Å². The van der Waals surface area contributed by atoms with Gasteiger partial charge in [0.25, 0.3) is 5.91 Å². The average Bonchev–Trinajstić information content (AvgIpc) is 3.26. The molecule has 3 rings (SSSR count). The van der Waals surface area contributed by atoms with Gasteiger partial charge in [-0.3, -0.25) is 9.59 Å². The number of benzene rings is 2. The molecule has 7 nitrogen and oxygen atoms in total. The number of anilines is 1. The van der Waals surface area contributed by atoms with Crippen LogP contribution in [-0.2, 0) is 24.2 Å². The third kappa shape index (κ3) is 4.58. The molecule has 0 aromatic heterocycles. The van der Waals surface area contributed by atoms with E-state index in [1.807, 2.05) is 13.0 Å². The molecule has 2 aromatic rings. The van der Waals surface area contributed by atoms with Gasteiger partial charge < -0.3 is 14.8 Å². The number of carbonyl (C=O) groups excluding carboxylic acids is 2. The summed E-state index contributed by atoms with van der Waals surface area (Å²) in [6, 6.07) is 11.8. The predicted molar refractivity (Wildman–Crippen MR) is 117 cm³/mol. The second-order valence-corrected chi connectivity index (χ2v) is 10.1. The van der Waals surface area contributed by atoms with E-state index in [1.165, 1.54) is 7.11 Å². The van der Waals surface area contributed by atoms with E-state index in [0.29, 0.717) is 29.8 Å². The van der Waals surface area contributed by atoms with Crippen molar-refractivity contribution < 1.29 is 27.5 Å². The number of ether oxygens (including phenoxy) is 2. The summed E-state index contributed by atoms with van der Waals surface area (Å²) >= 11 is 0. The molecule has 0 radical (unpaired) electrons. The molecule has 0 heterocycles. The van der Waals surface area contributed by atoms with Crippen LogP contribution in [0.1, 0.15) is 36.8 Å². The van der Waals surface area contributed by atoms with Gasteiger partial charge in [-0.15, -0.1) is 0 Å². The summed E-state index contributed by atoms with van der Waals surface area (Å²) < 4.78 is 35.7. The fourth-order valence-corrected chi connectivity index (χ4v) is 6.23. The van der Waals surface area contributed by atoms with Crippen molar-refractivity contribution in [2.75, 3.05) is 19.0 Å².